The SMILES string of the molecule is CCCN1CCC(N2CCCC(Cc3ccccc3)(C(=O)OCC)C2)CC1. The van der Waals surface area contributed by atoms with Crippen LogP contribution in [0.3, 0.4) is 0 Å². The minimum Gasteiger partial charge on any atom is -0.466 e. The number of rotatable bonds is 7. The Labute approximate surface area is 164 Å². The van der Waals surface area contributed by atoms with Gasteiger partial charge in [-0.25, -0.2) is 0 Å². The monoisotopic (exact) mass is 372 g/mol. The molecule has 0 spiro atoms. The molecular formula is C23H36N2O2. The summed E-state index contributed by atoms with van der Waals surface area (Å²) in [7, 11) is 0. The van der Waals surface area contributed by atoms with Gasteiger partial charge in [0.15, 0.2) is 0 Å². The predicted octanol–water partition coefficient (Wildman–Crippen LogP) is 3.75. The van der Waals surface area contributed by atoms with E-state index in [2.05, 4.69) is 41.0 Å². The van der Waals surface area contributed by atoms with Crippen molar-refractivity contribution in [3.63, 3.8) is 0 Å². The van der Waals surface area contributed by atoms with Gasteiger partial charge in [-0.05, 0) is 77.2 Å². The largest absolute Gasteiger partial charge is 0.466 e. The number of likely N-dealkylation sites (tertiary alicyclic amines) is 2. The van der Waals surface area contributed by atoms with Crippen LogP contribution < -0.4 is 0 Å². The fourth-order valence-electron chi connectivity index (χ4n) is 4.96. The van der Waals surface area contributed by atoms with Gasteiger partial charge in [0.1, 0.15) is 0 Å². The molecule has 2 saturated heterocycles. The van der Waals surface area contributed by atoms with Gasteiger partial charge in [0.2, 0.25) is 0 Å². The first kappa shape index (κ1) is 20.3. The average molecular weight is 373 g/mol. The molecule has 3 rings (SSSR count). The van der Waals surface area contributed by atoms with E-state index in [9.17, 15) is 4.79 Å². The molecule has 0 radical (unpaired) electrons. The third kappa shape index (κ3) is 5.11. The zero-order valence-corrected chi connectivity index (χ0v) is 17.2. The Morgan fingerprint density at radius 3 is 2.56 bits per heavy atom. The van der Waals surface area contributed by atoms with Gasteiger partial charge in [-0.1, -0.05) is 37.3 Å². The molecule has 150 valence electrons. The van der Waals surface area contributed by atoms with Gasteiger partial charge in [0.05, 0.1) is 12.0 Å². The van der Waals surface area contributed by atoms with E-state index in [4.69, 9.17) is 4.74 Å². The van der Waals surface area contributed by atoms with Crippen molar-refractivity contribution in [2.24, 2.45) is 5.41 Å². The predicted molar refractivity (Wildman–Crippen MR) is 110 cm³/mol. The van der Waals surface area contributed by atoms with E-state index in [1.165, 1.54) is 44.5 Å². The van der Waals surface area contributed by atoms with E-state index in [1.54, 1.807) is 0 Å². The van der Waals surface area contributed by atoms with Crippen LogP contribution in [-0.2, 0) is 16.0 Å². The Hall–Kier alpha value is -1.39. The zero-order chi connectivity index (χ0) is 19.1. The number of esters is 1. The maximum absolute atomic E-state index is 13.0. The van der Waals surface area contributed by atoms with Crippen LogP contribution in [0.4, 0.5) is 0 Å². The van der Waals surface area contributed by atoms with Crippen molar-refractivity contribution in [2.75, 3.05) is 39.3 Å². The van der Waals surface area contributed by atoms with Crippen molar-refractivity contribution < 1.29 is 9.53 Å². The van der Waals surface area contributed by atoms with E-state index in [1.807, 2.05) is 13.0 Å². The van der Waals surface area contributed by atoms with Crippen molar-refractivity contribution in [3.05, 3.63) is 35.9 Å². The Morgan fingerprint density at radius 2 is 1.89 bits per heavy atom. The highest BCUT2D eigenvalue weighted by Gasteiger charge is 2.45. The summed E-state index contributed by atoms with van der Waals surface area (Å²) in [5.41, 5.74) is 0.848. The molecule has 0 saturated carbocycles. The number of nitrogens with zero attached hydrogens (tertiary/aromatic N) is 2. The molecule has 1 aromatic carbocycles. The van der Waals surface area contributed by atoms with Crippen LogP contribution in [-0.4, -0.2) is 61.1 Å². The van der Waals surface area contributed by atoms with Crippen LogP contribution in [0.25, 0.3) is 0 Å². The van der Waals surface area contributed by atoms with Crippen LogP contribution in [0, 0.1) is 5.41 Å². The molecule has 2 heterocycles. The average Bonchev–Trinajstić information content (AvgIpc) is 2.70. The lowest BCUT2D eigenvalue weighted by Gasteiger charge is -2.46. The second-order valence-corrected chi connectivity index (χ2v) is 8.31. The fraction of sp³-hybridized carbons (Fsp3) is 0.696. The Morgan fingerprint density at radius 1 is 1.15 bits per heavy atom. The Bertz CT molecular complexity index is 583. The van der Waals surface area contributed by atoms with Gasteiger partial charge in [0.25, 0.3) is 0 Å². The molecule has 2 aliphatic rings. The molecule has 2 aliphatic heterocycles. The summed E-state index contributed by atoms with van der Waals surface area (Å²) in [6.45, 7) is 10.2. The number of hydrogen-bond acceptors (Lipinski definition) is 4. The highest BCUT2D eigenvalue weighted by atomic mass is 16.5. The van der Waals surface area contributed by atoms with E-state index in [-0.39, 0.29) is 5.97 Å². The Balaban J connectivity index is 1.71. The molecule has 0 amide bonds. The van der Waals surface area contributed by atoms with Gasteiger partial charge in [-0.15, -0.1) is 0 Å². The maximum atomic E-state index is 13.0. The Kier molecular flexibility index (Phi) is 7.31. The van der Waals surface area contributed by atoms with Crippen LogP contribution >= 0.6 is 0 Å². The summed E-state index contributed by atoms with van der Waals surface area (Å²) in [5, 5.41) is 0. The standard InChI is InChI=1S/C23H36N2O2/c1-3-14-24-16-11-21(12-17-24)25-15-8-13-23(19-25,22(26)27-4-2)18-20-9-6-5-7-10-20/h5-7,9-10,21H,3-4,8,11-19H2,1-2H3. The van der Waals surface area contributed by atoms with Crippen molar-refractivity contribution in [2.45, 2.75) is 58.4 Å². The van der Waals surface area contributed by atoms with Gasteiger partial charge in [-0.2, -0.15) is 0 Å². The first-order chi connectivity index (χ1) is 13.2. The second-order valence-electron chi connectivity index (χ2n) is 8.31. The summed E-state index contributed by atoms with van der Waals surface area (Å²) in [6, 6.07) is 11.1. The number of carbonyl (C=O) groups is 1. The molecule has 0 aromatic heterocycles. The number of benzene rings is 1. The van der Waals surface area contributed by atoms with E-state index in [0.29, 0.717) is 12.6 Å². The normalized spacial score (nSPS) is 25.4. The van der Waals surface area contributed by atoms with Gasteiger partial charge >= 0.3 is 5.97 Å². The summed E-state index contributed by atoms with van der Waals surface area (Å²) >= 11 is 0. The molecule has 1 aromatic rings. The summed E-state index contributed by atoms with van der Waals surface area (Å²) in [4.78, 5) is 18.2. The lowest BCUT2D eigenvalue weighted by molar-refractivity contribution is -0.160. The maximum Gasteiger partial charge on any atom is 0.313 e. The first-order valence-electron chi connectivity index (χ1n) is 10.8. The minimum absolute atomic E-state index is 0.00183. The van der Waals surface area contributed by atoms with Crippen molar-refractivity contribution in [3.8, 4) is 0 Å². The molecular weight excluding hydrogens is 336 g/mol. The van der Waals surface area contributed by atoms with Crippen LogP contribution in [0.15, 0.2) is 30.3 Å². The molecule has 4 heteroatoms. The number of hydrogen-bond donors (Lipinski definition) is 0. The molecule has 1 unspecified atom stereocenters. The van der Waals surface area contributed by atoms with E-state index >= 15 is 0 Å². The van der Waals surface area contributed by atoms with Crippen molar-refractivity contribution in [1.29, 1.82) is 0 Å². The van der Waals surface area contributed by atoms with Crippen molar-refractivity contribution >= 4 is 5.97 Å². The number of carbonyl (C=O) groups excluding carboxylic acids is 1. The van der Waals surface area contributed by atoms with Gasteiger partial charge < -0.3 is 9.64 Å². The lowest BCUT2D eigenvalue weighted by atomic mass is 9.74. The minimum atomic E-state index is -0.393. The smallest absolute Gasteiger partial charge is 0.313 e. The molecule has 0 N–H and O–H groups in total. The molecule has 27 heavy (non-hydrogen) atoms. The quantitative estimate of drug-likeness (QED) is 0.683. The van der Waals surface area contributed by atoms with Gasteiger partial charge in [-0.3, -0.25) is 9.69 Å². The number of ether oxygens (including phenoxy) is 1. The molecule has 0 aliphatic carbocycles. The summed E-state index contributed by atoms with van der Waals surface area (Å²) < 4.78 is 5.57. The third-order valence-electron chi connectivity index (χ3n) is 6.31. The van der Waals surface area contributed by atoms with E-state index < -0.39 is 5.41 Å². The zero-order valence-electron chi connectivity index (χ0n) is 17.2. The van der Waals surface area contributed by atoms with Crippen LogP contribution in [0.1, 0.15) is 51.5 Å². The fourth-order valence-corrected chi connectivity index (χ4v) is 4.96. The summed E-state index contributed by atoms with van der Waals surface area (Å²) in [6.07, 6.45) is 6.50. The topological polar surface area (TPSA) is 32.8 Å². The van der Waals surface area contributed by atoms with Crippen molar-refractivity contribution in [1.82, 2.24) is 9.80 Å². The van der Waals surface area contributed by atoms with Gasteiger partial charge in [0, 0.05) is 12.6 Å². The third-order valence-corrected chi connectivity index (χ3v) is 6.31. The van der Waals surface area contributed by atoms with Crippen LogP contribution in [0.5, 0.6) is 0 Å². The highest BCUT2D eigenvalue weighted by molar-refractivity contribution is 5.77. The highest BCUT2D eigenvalue weighted by Crippen LogP contribution is 2.37. The summed E-state index contributed by atoms with van der Waals surface area (Å²) in [5.74, 6) is 0.00183. The second kappa shape index (κ2) is 9.70. The number of piperidine rings is 2. The lowest BCUT2D eigenvalue weighted by Crippen LogP contribution is -2.55. The first-order valence-corrected chi connectivity index (χ1v) is 10.8. The molecule has 1 atom stereocenters. The molecule has 2 fully saturated rings. The molecule has 4 nitrogen and oxygen atoms in total. The van der Waals surface area contributed by atoms with E-state index in [0.717, 1.165) is 32.4 Å². The molecule has 0 bridgehead atoms. The van der Waals surface area contributed by atoms with Crippen LogP contribution in [0.2, 0.25) is 0 Å².